The lowest BCUT2D eigenvalue weighted by Gasteiger charge is -2.30. The van der Waals surface area contributed by atoms with E-state index < -0.39 is 11.6 Å². The SMILES string of the molecule is CC(C)(NC(=O)OCc1ccccc1)C(=O)NC[C@@H](N)C(C)(C)C. The van der Waals surface area contributed by atoms with E-state index in [-0.39, 0.29) is 24.0 Å². The van der Waals surface area contributed by atoms with Gasteiger partial charge in [-0.25, -0.2) is 4.79 Å². The van der Waals surface area contributed by atoms with Gasteiger partial charge >= 0.3 is 6.09 Å². The van der Waals surface area contributed by atoms with Gasteiger partial charge in [-0.2, -0.15) is 0 Å². The number of benzene rings is 1. The fourth-order valence-electron chi connectivity index (χ4n) is 1.80. The van der Waals surface area contributed by atoms with Gasteiger partial charge in [0.1, 0.15) is 12.1 Å². The minimum Gasteiger partial charge on any atom is -0.445 e. The molecule has 134 valence electrons. The fraction of sp³-hybridized carbons (Fsp3) is 0.556. The summed E-state index contributed by atoms with van der Waals surface area (Å²) < 4.78 is 5.14. The molecule has 4 N–H and O–H groups in total. The molecule has 0 spiro atoms. The summed E-state index contributed by atoms with van der Waals surface area (Å²) in [6.45, 7) is 9.76. The smallest absolute Gasteiger partial charge is 0.408 e. The molecule has 0 radical (unpaired) electrons. The molecule has 24 heavy (non-hydrogen) atoms. The van der Waals surface area contributed by atoms with Crippen molar-refractivity contribution in [2.75, 3.05) is 6.54 Å². The summed E-state index contributed by atoms with van der Waals surface area (Å²) in [5.41, 5.74) is 5.71. The number of nitrogens with one attached hydrogen (secondary N) is 2. The van der Waals surface area contributed by atoms with E-state index in [1.54, 1.807) is 13.8 Å². The molecule has 0 unspecified atom stereocenters. The van der Waals surface area contributed by atoms with Crippen LogP contribution in [-0.2, 0) is 16.1 Å². The van der Waals surface area contributed by atoms with Crippen molar-refractivity contribution in [2.45, 2.75) is 52.8 Å². The fourth-order valence-corrected chi connectivity index (χ4v) is 1.80. The third kappa shape index (κ3) is 6.58. The lowest BCUT2D eigenvalue weighted by molar-refractivity contribution is -0.126. The molecule has 0 fully saturated rings. The van der Waals surface area contributed by atoms with Crippen molar-refractivity contribution in [3.8, 4) is 0 Å². The van der Waals surface area contributed by atoms with E-state index in [4.69, 9.17) is 10.5 Å². The molecule has 0 aliphatic heterocycles. The predicted octanol–water partition coefficient (Wildman–Crippen LogP) is 2.18. The third-order valence-corrected chi connectivity index (χ3v) is 3.79. The largest absolute Gasteiger partial charge is 0.445 e. The van der Waals surface area contributed by atoms with Crippen molar-refractivity contribution in [2.24, 2.45) is 11.1 Å². The maximum absolute atomic E-state index is 12.3. The van der Waals surface area contributed by atoms with Crippen molar-refractivity contribution in [3.05, 3.63) is 35.9 Å². The van der Waals surface area contributed by atoms with Crippen LogP contribution in [0.5, 0.6) is 0 Å². The van der Waals surface area contributed by atoms with Crippen LogP contribution in [0.25, 0.3) is 0 Å². The zero-order valence-corrected chi connectivity index (χ0v) is 15.2. The van der Waals surface area contributed by atoms with Crippen molar-refractivity contribution in [1.29, 1.82) is 0 Å². The summed E-state index contributed by atoms with van der Waals surface area (Å²) in [6.07, 6.45) is -0.640. The van der Waals surface area contributed by atoms with Gasteiger partial charge in [-0.3, -0.25) is 4.79 Å². The monoisotopic (exact) mass is 335 g/mol. The van der Waals surface area contributed by atoms with Gasteiger partial charge in [0.25, 0.3) is 0 Å². The van der Waals surface area contributed by atoms with Crippen LogP contribution in [0.3, 0.4) is 0 Å². The first kappa shape index (κ1) is 20.0. The number of alkyl carbamates (subject to hydrolysis) is 1. The minimum absolute atomic E-state index is 0.112. The van der Waals surface area contributed by atoms with E-state index in [1.807, 2.05) is 51.1 Å². The van der Waals surface area contributed by atoms with Crippen molar-refractivity contribution < 1.29 is 14.3 Å². The molecule has 1 aromatic rings. The van der Waals surface area contributed by atoms with Gasteiger partial charge in [-0.1, -0.05) is 51.1 Å². The van der Waals surface area contributed by atoms with Crippen molar-refractivity contribution in [3.63, 3.8) is 0 Å². The molecule has 1 rings (SSSR count). The summed E-state index contributed by atoms with van der Waals surface area (Å²) in [5.74, 6) is -0.307. The first-order chi connectivity index (χ1) is 11.0. The van der Waals surface area contributed by atoms with Crippen molar-refractivity contribution >= 4 is 12.0 Å². The zero-order chi connectivity index (χ0) is 18.4. The van der Waals surface area contributed by atoms with Gasteiger partial charge in [0, 0.05) is 12.6 Å². The van der Waals surface area contributed by atoms with Crippen LogP contribution in [-0.4, -0.2) is 30.1 Å². The van der Waals surface area contributed by atoms with Crippen LogP contribution in [0.2, 0.25) is 0 Å². The van der Waals surface area contributed by atoms with E-state index >= 15 is 0 Å². The van der Waals surface area contributed by atoms with E-state index in [0.717, 1.165) is 5.56 Å². The highest BCUT2D eigenvalue weighted by atomic mass is 16.5. The molecule has 6 heteroatoms. The van der Waals surface area contributed by atoms with Gasteiger partial charge < -0.3 is 21.1 Å². The molecule has 2 amide bonds. The molecule has 6 nitrogen and oxygen atoms in total. The summed E-state index contributed by atoms with van der Waals surface area (Å²) in [6, 6.07) is 9.17. The second-order valence-electron chi connectivity index (χ2n) is 7.49. The molecule has 0 saturated heterocycles. The predicted molar refractivity (Wildman–Crippen MR) is 94.3 cm³/mol. The minimum atomic E-state index is -1.09. The normalized spacial score (nSPS) is 13.1. The zero-order valence-electron chi connectivity index (χ0n) is 15.2. The third-order valence-electron chi connectivity index (χ3n) is 3.79. The Morgan fingerprint density at radius 3 is 2.25 bits per heavy atom. The van der Waals surface area contributed by atoms with Gasteiger partial charge in [-0.15, -0.1) is 0 Å². The lowest BCUT2D eigenvalue weighted by Crippen LogP contribution is -2.57. The maximum atomic E-state index is 12.3. The van der Waals surface area contributed by atoms with Crippen LogP contribution in [0.4, 0.5) is 4.79 Å². The van der Waals surface area contributed by atoms with Gasteiger partial charge in [0.05, 0.1) is 0 Å². The summed E-state index contributed by atoms with van der Waals surface area (Å²) in [5, 5.41) is 5.35. The highest BCUT2D eigenvalue weighted by molar-refractivity contribution is 5.89. The summed E-state index contributed by atoms with van der Waals surface area (Å²) in [4.78, 5) is 24.2. The number of ether oxygens (including phenoxy) is 1. The maximum Gasteiger partial charge on any atom is 0.408 e. The highest BCUT2D eigenvalue weighted by Crippen LogP contribution is 2.16. The van der Waals surface area contributed by atoms with Crippen LogP contribution < -0.4 is 16.4 Å². The van der Waals surface area contributed by atoms with Crippen LogP contribution >= 0.6 is 0 Å². The Bertz CT molecular complexity index is 550. The van der Waals surface area contributed by atoms with Crippen LogP contribution in [0, 0.1) is 5.41 Å². The molecule has 0 aromatic heterocycles. The Hall–Kier alpha value is -2.08. The Balaban J connectivity index is 2.46. The highest BCUT2D eigenvalue weighted by Gasteiger charge is 2.31. The van der Waals surface area contributed by atoms with E-state index in [2.05, 4.69) is 10.6 Å². The second-order valence-corrected chi connectivity index (χ2v) is 7.49. The number of hydrogen-bond donors (Lipinski definition) is 3. The Morgan fingerprint density at radius 1 is 1.12 bits per heavy atom. The van der Waals surface area contributed by atoms with E-state index in [0.29, 0.717) is 6.54 Å². The standard InChI is InChI=1S/C18H29N3O3/c1-17(2,3)14(19)11-20-15(22)18(4,5)21-16(23)24-12-13-9-7-6-8-10-13/h6-10,14H,11-12,19H2,1-5H3,(H,20,22)(H,21,23)/t14-/m1/s1. The topological polar surface area (TPSA) is 93.4 Å². The van der Waals surface area contributed by atoms with Gasteiger partial charge in [0.15, 0.2) is 0 Å². The molecule has 0 bridgehead atoms. The van der Waals surface area contributed by atoms with Crippen LogP contribution in [0.15, 0.2) is 30.3 Å². The Labute approximate surface area is 144 Å². The average molecular weight is 335 g/mol. The van der Waals surface area contributed by atoms with Crippen molar-refractivity contribution in [1.82, 2.24) is 10.6 Å². The van der Waals surface area contributed by atoms with Gasteiger partial charge in [-0.05, 0) is 24.8 Å². The number of carbonyl (C=O) groups excluding carboxylic acids is 2. The lowest BCUT2D eigenvalue weighted by atomic mass is 9.87. The first-order valence-corrected chi connectivity index (χ1v) is 8.05. The number of nitrogens with two attached hydrogens (primary N) is 1. The van der Waals surface area contributed by atoms with E-state index in [1.165, 1.54) is 0 Å². The molecule has 0 heterocycles. The first-order valence-electron chi connectivity index (χ1n) is 8.05. The molecule has 0 aliphatic carbocycles. The Kier molecular flexibility index (Phi) is 6.78. The molecular formula is C18H29N3O3. The average Bonchev–Trinajstić information content (AvgIpc) is 2.49. The molecule has 0 saturated carbocycles. The Morgan fingerprint density at radius 2 is 1.71 bits per heavy atom. The number of amides is 2. The summed E-state index contributed by atoms with van der Waals surface area (Å²) in [7, 11) is 0. The summed E-state index contributed by atoms with van der Waals surface area (Å²) >= 11 is 0. The molecule has 1 aromatic carbocycles. The second kappa shape index (κ2) is 8.15. The number of hydrogen-bond acceptors (Lipinski definition) is 4. The van der Waals surface area contributed by atoms with E-state index in [9.17, 15) is 9.59 Å². The quantitative estimate of drug-likeness (QED) is 0.743. The number of carbonyl (C=O) groups is 2. The van der Waals surface area contributed by atoms with Gasteiger partial charge in [0.2, 0.25) is 5.91 Å². The molecular weight excluding hydrogens is 306 g/mol. The van der Waals surface area contributed by atoms with Crippen LogP contribution in [0.1, 0.15) is 40.2 Å². The molecule has 1 atom stereocenters. The number of rotatable bonds is 6. The molecule has 0 aliphatic rings.